The number of aryl methyl sites for hydroxylation is 1. The molecule has 2 heteroatoms. The molecule has 0 aliphatic rings. The van der Waals surface area contributed by atoms with E-state index >= 15 is 0 Å². The second-order valence-electron chi connectivity index (χ2n) is 2.79. The molecule has 0 radical (unpaired) electrons. The van der Waals surface area contributed by atoms with Gasteiger partial charge >= 0.3 is 0 Å². The van der Waals surface area contributed by atoms with Gasteiger partial charge in [-0.2, -0.15) is 0 Å². The zero-order chi connectivity index (χ0) is 9.68. The zero-order valence-corrected chi connectivity index (χ0v) is 9.84. The molecular formula is C11H14S2. The fourth-order valence-corrected chi connectivity index (χ4v) is 2.45. The maximum atomic E-state index is 2.19. The topological polar surface area (TPSA) is 0 Å². The van der Waals surface area contributed by atoms with E-state index in [-0.39, 0.29) is 0 Å². The minimum Gasteiger partial charge on any atom is -0.136 e. The molecule has 0 spiro atoms. The number of benzene rings is 1. The molecule has 0 unspecified atom stereocenters. The first kappa shape index (κ1) is 10.7. The molecule has 0 amide bonds. The fraction of sp³-hybridized carbons (Fsp3) is 0.273. The molecule has 0 aliphatic carbocycles. The molecule has 0 N–H and O–H groups in total. The summed E-state index contributed by atoms with van der Waals surface area (Å²) < 4.78 is 0. The van der Waals surface area contributed by atoms with Crippen LogP contribution in [0.3, 0.4) is 0 Å². The Labute approximate surface area is 88.8 Å². The lowest BCUT2D eigenvalue weighted by Crippen LogP contribution is -1.79. The lowest BCUT2D eigenvalue weighted by atomic mass is 10.1. The second kappa shape index (κ2) is 5.40. The van der Waals surface area contributed by atoms with Crippen LogP contribution >= 0.6 is 23.5 Å². The molecule has 13 heavy (non-hydrogen) atoms. The van der Waals surface area contributed by atoms with Crippen molar-refractivity contribution in [3.8, 4) is 0 Å². The molecule has 0 aliphatic heterocycles. The minimum atomic E-state index is 1.31. The van der Waals surface area contributed by atoms with E-state index in [2.05, 4.69) is 49.1 Å². The third kappa shape index (κ3) is 3.12. The van der Waals surface area contributed by atoms with E-state index in [1.54, 1.807) is 23.5 Å². The quantitative estimate of drug-likeness (QED) is 0.739. The number of hydrogen-bond donors (Lipinski definition) is 0. The van der Waals surface area contributed by atoms with Crippen molar-refractivity contribution in [2.75, 3.05) is 12.5 Å². The van der Waals surface area contributed by atoms with Gasteiger partial charge < -0.3 is 0 Å². The third-order valence-corrected chi connectivity index (χ3v) is 3.19. The predicted molar refractivity (Wildman–Crippen MR) is 66.2 cm³/mol. The van der Waals surface area contributed by atoms with Crippen molar-refractivity contribution in [3.05, 3.63) is 40.8 Å². The van der Waals surface area contributed by atoms with E-state index in [0.29, 0.717) is 0 Å². The van der Waals surface area contributed by atoms with Crippen molar-refractivity contribution in [1.82, 2.24) is 0 Å². The Morgan fingerprint density at radius 1 is 1.15 bits per heavy atom. The van der Waals surface area contributed by atoms with Gasteiger partial charge in [0, 0.05) is 4.91 Å². The van der Waals surface area contributed by atoms with Crippen LogP contribution in [0.5, 0.6) is 0 Å². The first-order chi connectivity index (χ1) is 6.27. The van der Waals surface area contributed by atoms with E-state index in [9.17, 15) is 0 Å². The van der Waals surface area contributed by atoms with E-state index < -0.39 is 0 Å². The Balaban J connectivity index is 2.92. The van der Waals surface area contributed by atoms with Gasteiger partial charge in [0.15, 0.2) is 0 Å². The van der Waals surface area contributed by atoms with Crippen LogP contribution in [0.15, 0.2) is 29.7 Å². The average Bonchev–Trinajstić information content (AvgIpc) is 2.16. The van der Waals surface area contributed by atoms with Crippen LogP contribution in [0.2, 0.25) is 0 Å². The third-order valence-electron chi connectivity index (χ3n) is 1.78. The SMILES string of the molecule is CS/C=C(/SC)c1ccc(C)cc1. The van der Waals surface area contributed by atoms with Crippen LogP contribution in [0.25, 0.3) is 4.91 Å². The number of thioether (sulfide) groups is 2. The summed E-state index contributed by atoms with van der Waals surface area (Å²) in [6, 6.07) is 8.65. The molecule has 0 heterocycles. The zero-order valence-electron chi connectivity index (χ0n) is 8.20. The smallest absolute Gasteiger partial charge is 0.0204 e. The van der Waals surface area contributed by atoms with E-state index in [0.717, 1.165) is 0 Å². The first-order valence-corrected chi connectivity index (χ1v) is 6.63. The van der Waals surface area contributed by atoms with Crippen LogP contribution in [-0.4, -0.2) is 12.5 Å². The maximum absolute atomic E-state index is 2.19. The van der Waals surface area contributed by atoms with Crippen LogP contribution in [-0.2, 0) is 0 Å². The Morgan fingerprint density at radius 3 is 2.23 bits per heavy atom. The minimum absolute atomic E-state index is 1.31. The molecule has 0 nitrogen and oxygen atoms in total. The largest absolute Gasteiger partial charge is 0.136 e. The van der Waals surface area contributed by atoms with Crippen molar-refractivity contribution < 1.29 is 0 Å². The summed E-state index contributed by atoms with van der Waals surface area (Å²) >= 11 is 3.54. The summed E-state index contributed by atoms with van der Waals surface area (Å²) in [5.74, 6) is 0. The van der Waals surface area contributed by atoms with E-state index in [1.807, 2.05) is 0 Å². The van der Waals surface area contributed by atoms with Gasteiger partial charge in [0.2, 0.25) is 0 Å². The summed E-state index contributed by atoms with van der Waals surface area (Å²) in [6.07, 6.45) is 4.20. The van der Waals surface area contributed by atoms with Crippen molar-refractivity contribution in [1.29, 1.82) is 0 Å². The van der Waals surface area contributed by atoms with Crippen LogP contribution < -0.4 is 0 Å². The molecule has 0 fully saturated rings. The standard InChI is InChI=1S/C11H14S2/c1-9-4-6-10(7-5-9)11(13-3)8-12-2/h4-8H,1-3H3/b11-8+. The fourth-order valence-electron chi connectivity index (χ4n) is 1.06. The highest BCUT2D eigenvalue weighted by Crippen LogP contribution is 2.27. The Hall–Kier alpha value is -0.340. The van der Waals surface area contributed by atoms with Gasteiger partial charge in [-0.05, 0) is 30.4 Å². The van der Waals surface area contributed by atoms with E-state index in [1.165, 1.54) is 16.0 Å². The summed E-state index contributed by atoms with van der Waals surface area (Å²) in [7, 11) is 0. The molecule has 0 atom stereocenters. The van der Waals surface area contributed by atoms with Gasteiger partial charge in [-0.1, -0.05) is 29.8 Å². The average molecular weight is 210 g/mol. The van der Waals surface area contributed by atoms with Crippen molar-refractivity contribution in [2.24, 2.45) is 0 Å². The molecular weight excluding hydrogens is 196 g/mol. The number of hydrogen-bond acceptors (Lipinski definition) is 2. The highest BCUT2D eigenvalue weighted by molar-refractivity contribution is 8.09. The lowest BCUT2D eigenvalue weighted by molar-refractivity contribution is 1.46. The predicted octanol–water partition coefficient (Wildman–Crippen LogP) is 4.02. The van der Waals surface area contributed by atoms with Crippen molar-refractivity contribution in [3.63, 3.8) is 0 Å². The Bertz CT molecular complexity index is 285. The molecule has 0 aromatic heterocycles. The van der Waals surface area contributed by atoms with Gasteiger partial charge in [0.1, 0.15) is 0 Å². The Kier molecular flexibility index (Phi) is 4.46. The van der Waals surface area contributed by atoms with Gasteiger partial charge in [-0.25, -0.2) is 0 Å². The maximum Gasteiger partial charge on any atom is 0.0204 e. The monoisotopic (exact) mass is 210 g/mol. The van der Waals surface area contributed by atoms with Crippen molar-refractivity contribution >= 4 is 28.4 Å². The highest BCUT2D eigenvalue weighted by atomic mass is 32.2. The summed E-state index contributed by atoms with van der Waals surface area (Å²) in [5, 5.41) is 2.19. The van der Waals surface area contributed by atoms with Gasteiger partial charge in [-0.15, -0.1) is 23.5 Å². The molecule has 0 saturated heterocycles. The van der Waals surface area contributed by atoms with Gasteiger partial charge in [0.05, 0.1) is 0 Å². The first-order valence-electron chi connectivity index (χ1n) is 4.12. The molecule has 70 valence electrons. The van der Waals surface area contributed by atoms with Gasteiger partial charge in [0.25, 0.3) is 0 Å². The summed E-state index contributed by atoms with van der Waals surface area (Å²) in [5.41, 5.74) is 2.63. The number of rotatable bonds is 3. The van der Waals surface area contributed by atoms with Crippen molar-refractivity contribution in [2.45, 2.75) is 6.92 Å². The molecule has 1 rings (SSSR count). The molecule has 1 aromatic rings. The van der Waals surface area contributed by atoms with E-state index in [4.69, 9.17) is 0 Å². The van der Waals surface area contributed by atoms with Crippen LogP contribution in [0.4, 0.5) is 0 Å². The normalized spacial score (nSPS) is 11.8. The highest BCUT2D eigenvalue weighted by Gasteiger charge is 1.97. The lowest BCUT2D eigenvalue weighted by Gasteiger charge is -2.03. The Morgan fingerprint density at radius 2 is 1.77 bits per heavy atom. The van der Waals surface area contributed by atoms with Crippen LogP contribution in [0, 0.1) is 6.92 Å². The molecule has 1 aromatic carbocycles. The van der Waals surface area contributed by atoms with Crippen LogP contribution in [0.1, 0.15) is 11.1 Å². The molecule has 0 bridgehead atoms. The molecule has 0 saturated carbocycles. The van der Waals surface area contributed by atoms with Gasteiger partial charge in [-0.3, -0.25) is 0 Å². The summed E-state index contributed by atoms with van der Waals surface area (Å²) in [4.78, 5) is 1.34. The summed E-state index contributed by atoms with van der Waals surface area (Å²) in [6.45, 7) is 2.11. The second-order valence-corrected chi connectivity index (χ2v) is 4.34.